The number of aromatic nitrogens is 2. The van der Waals surface area contributed by atoms with Gasteiger partial charge >= 0.3 is 0 Å². The van der Waals surface area contributed by atoms with Crippen molar-refractivity contribution < 1.29 is 13.8 Å². The molecule has 0 aliphatic rings. The van der Waals surface area contributed by atoms with Crippen LogP contribution in [0.5, 0.6) is 0 Å². The SMILES string of the molecule is Cc1cccc(C(=O)Nc2nonc2C(=N)Nc2ccc(F)c(Br)c2)c1. The molecule has 2 aromatic carbocycles. The van der Waals surface area contributed by atoms with Gasteiger partial charge in [0.25, 0.3) is 5.91 Å². The largest absolute Gasteiger partial charge is 0.339 e. The van der Waals surface area contributed by atoms with Crippen LogP contribution >= 0.6 is 15.9 Å². The number of nitrogens with zero attached hydrogens (tertiary/aromatic N) is 2. The van der Waals surface area contributed by atoms with Gasteiger partial charge in [0.15, 0.2) is 11.5 Å². The Morgan fingerprint density at radius 3 is 2.73 bits per heavy atom. The molecule has 1 heterocycles. The molecular formula is C17H13BrFN5O2. The third-order valence-corrected chi connectivity index (χ3v) is 4.03. The smallest absolute Gasteiger partial charge is 0.256 e. The number of amides is 1. The molecule has 26 heavy (non-hydrogen) atoms. The van der Waals surface area contributed by atoms with E-state index < -0.39 is 11.7 Å². The van der Waals surface area contributed by atoms with Gasteiger partial charge in [-0.1, -0.05) is 17.7 Å². The molecule has 9 heteroatoms. The van der Waals surface area contributed by atoms with E-state index in [2.05, 4.69) is 41.5 Å². The molecule has 0 atom stereocenters. The predicted octanol–water partition coefficient (Wildman–Crippen LogP) is 3.97. The van der Waals surface area contributed by atoms with Crippen molar-refractivity contribution in [1.29, 1.82) is 5.41 Å². The zero-order valence-electron chi connectivity index (χ0n) is 13.5. The van der Waals surface area contributed by atoms with Crippen LogP contribution in [0, 0.1) is 18.2 Å². The zero-order valence-corrected chi connectivity index (χ0v) is 15.1. The first kappa shape index (κ1) is 17.7. The van der Waals surface area contributed by atoms with E-state index >= 15 is 0 Å². The molecule has 0 spiro atoms. The first-order valence-electron chi connectivity index (χ1n) is 7.45. The van der Waals surface area contributed by atoms with Crippen LogP contribution in [0.1, 0.15) is 21.6 Å². The molecule has 0 saturated carbocycles. The summed E-state index contributed by atoms with van der Waals surface area (Å²) >= 11 is 3.07. The van der Waals surface area contributed by atoms with Crippen molar-refractivity contribution in [3.8, 4) is 0 Å². The van der Waals surface area contributed by atoms with Gasteiger partial charge in [-0.2, -0.15) is 0 Å². The number of carbonyl (C=O) groups excluding carboxylic acids is 1. The second-order valence-corrected chi connectivity index (χ2v) is 6.27. The summed E-state index contributed by atoms with van der Waals surface area (Å²) in [4.78, 5) is 12.3. The Morgan fingerprint density at radius 1 is 1.19 bits per heavy atom. The number of rotatable bonds is 4. The van der Waals surface area contributed by atoms with Crippen LogP contribution in [0.2, 0.25) is 0 Å². The van der Waals surface area contributed by atoms with Gasteiger partial charge in [0.1, 0.15) is 5.82 Å². The van der Waals surface area contributed by atoms with E-state index in [4.69, 9.17) is 5.41 Å². The minimum atomic E-state index is -0.420. The van der Waals surface area contributed by atoms with Gasteiger partial charge in [-0.3, -0.25) is 10.2 Å². The fourth-order valence-corrected chi connectivity index (χ4v) is 2.56. The molecule has 132 valence electrons. The molecule has 0 aliphatic heterocycles. The summed E-state index contributed by atoms with van der Waals surface area (Å²) in [7, 11) is 0. The summed E-state index contributed by atoms with van der Waals surface area (Å²) in [6.07, 6.45) is 0. The topological polar surface area (TPSA) is 104 Å². The average Bonchev–Trinajstić information content (AvgIpc) is 3.06. The fraction of sp³-hybridized carbons (Fsp3) is 0.0588. The second-order valence-electron chi connectivity index (χ2n) is 5.41. The Bertz CT molecular complexity index is 989. The van der Waals surface area contributed by atoms with E-state index in [-0.39, 0.29) is 21.8 Å². The van der Waals surface area contributed by atoms with Crippen LogP contribution in [0.15, 0.2) is 51.6 Å². The first-order valence-corrected chi connectivity index (χ1v) is 8.25. The van der Waals surface area contributed by atoms with Crippen LogP contribution in [-0.4, -0.2) is 22.1 Å². The highest BCUT2D eigenvalue weighted by molar-refractivity contribution is 9.10. The number of nitrogens with one attached hydrogen (secondary N) is 3. The monoisotopic (exact) mass is 417 g/mol. The summed E-state index contributed by atoms with van der Waals surface area (Å²) in [5, 5.41) is 20.7. The van der Waals surface area contributed by atoms with Gasteiger partial charge in [0, 0.05) is 11.3 Å². The predicted molar refractivity (Wildman–Crippen MR) is 98.0 cm³/mol. The lowest BCUT2D eigenvalue weighted by Crippen LogP contribution is -2.18. The highest BCUT2D eigenvalue weighted by atomic mass is 79.9. The number of hydrogen-bond acceptors (Lipinski definition) is 5. The van der Waals surface area contributed by atoms with E-state index in [0.29, 0.717) is 11.3 Å². The maximum atomic E-state index is 13.3. The molecule has 3 rings (SSSR count). The summed E-state index contributed by atoms with van der Waals surface area (Å²) in [6.45, 7) is 1.88. The van der Waals surface area contributed by atoms with Crippen LogP contribution in [0.25, 0.3) is 0 Å². The quantitative estimate of drug-likeness (QED) is 0.440. The lowest BCUT2D eigenvalue weighted by Gasteiger charge is -2.08. The molecule has 0 unspecified atom stereocenters. The van der Waals surface area contributed by atoms with Crippen molar-refractivity contribution in [1.82, 2.24) is 10.3 Å². The van der Waals surface area contributed by atoms with Crippen molar-refractivity contribution in [2.45, 2.75) is 6.92 Å². The van der Waals surface area contributed by atoms with Crippen molar-refractivity contribution in [2.75, 3.05) is 10.6 Å². The van der Waals surface area contributed by atoms with E-state index in [1.165, 1.54) is 18.2 Å². The molecule has 0 saturated heterocycles. The van der Waals surface area contributed by atoms with Gasteiger partial charge in [0.2, 0.25) is 5.82 Å². The molecule has 3 aromatic rings. The van der Waals surface area contributed by atoms with E-state index in [0.717, 1.165) is 5.56 Å². The molecule has 0 radical (unpaired) electrons. The molecule has 7 nitrogen and oxygen atoms in total. The molecule has 0 fully saturated rings. The average molecular weight is 418 g/mol. The molecule has 1 amide bonds. The van der Waals surface area contributed by atoms with Gasteiger partial charge in [0.05, 0.1) is 4.47 Å². The lowest BCUT2D eigenvalue weighted by molar-refractivity contribution is 0.102. The zero-order chi connectivity index (χ0) is 18.7. The standard InChI is InChI=1S/C17H13BrFN5O2/c1-9-3-2-4-10(7-9)17(25)22-16-14(23-26-24-16)15(20)21-11-5-6-13(19)12(18)8-11/h2-8H,1H3,(H2,20,21)(H,22,24,25). The van der Waals surface area contributed by atoms with E-state index in [9.17, 15) is 9.18 Å². The normalized spacial score (nSPS) is 10.4. The molecule has 0 bridgehead atoms. The Balaban J connectivity index is 1.76. The lowest BCUT2D eigenvalue weighted by atomic mass is 10.1. The molecule has 3 N–H and O–H groups in total. The number of benzene rings is 2. The Hall–Kier alpha value is -3.07. The van der Waals surface area contributed by atoms with Crippen molar-refractivity contribution in [2.24, 2.45) is 0 Å². The van der Waals surface area contributed by atoms with Gasteiger partial charge in [-0.25, -0.2) is 9.02 Å². The third-order valence-electron chi connectivity index (χ3n) is 3.43. The number of amidine groups is 1. The minimum absolute atomic E-state index is 0.00943. The number of anilines is 2. The number of carbonyl (C=O) groups is 1. The Kier molecular flexibility index (Phi) is 5.08. The highest BCUT2D eigenvalue weighted by Gasteiger charge is 2.18. The van der Waals surface area contributed by atoms with E-state index in [1.807, 2.05) is 13.0 Å². The van der Waals surface area contributed by atoms with Gasteiger partial charge in [-0.05, 0) is 63.5 Å². The first-order chi connectivity index (χ1) is 12.4. The Labute approximate surface area is 156 Å². The van der Waals surface area contributed by atoms with Crippen molar-refractivity contribution in [3.63, 3.8) is 0 Å². The number of halogens is 2. The Morgan fingerprint density at radius 2 is 2.00 bits per heavy atom. The van der Waals surface area contributed by atoms with E-state index in [1.54, 1.807) is 18.2 Å². The van der Waals surface area contributed by atoms with Crippen LogP contribution in [0.3, 0.4) is 0 Å². The number of hydrogen-bond donors (Lipinski definition) is 3. The third kappa shape index (κ3) is 3.94. The fourth-order valence-electron chi connectivity index (χ4n) is 2.18. The highest BCUT2D eigenvalue weighted by Crippen LogP contribution is 2.21. The molecule has 0 aliphatic carbocycles. The van der Waals surface area contributed by atoms with Crippen LogP contribution in [0.4, 0.5) is 15.9 Å². The summed E-state index contributed by atoms with van der Waals surface area (Å²) in [5.74, 6) is -0.973. The molecule has 1 aromatic heterocycles. The molecular weight excluding hydrogens is 405 g/mol. The summed E-state index contributed by atoms with van der Waals surface area (Å²) in [6, 6.07) is 11.2. The maximum Gasteiger partial charge on any atom is 0.256 e. The number of aryl methyl sites for hydroxylation is 1. The van der Waals surface area contributed by atoms with Crippen molar-refractivity contribution in [3.05, 3.63) is 69.6 Å². The second kappa shape index (κ2) is 7.44. The minimum Gasteiger partial charge on any atom is -0.339 e. The van der Waals surface area contributed by atoms with Crippen LogP contribution < -0.4 is 10.6 Å². The van der Waals surface area contributed by atoms with Gasteiger partial charge in [-0.15, -0.1) is 0 Å². The van der Waals surface area contributed by atoms with Gasteiger partial charge < -0.3 is 10.6 Å². The van der Waals surface area contributed by atoms with Crippen molar-refractivity contribution >= 4 is 39.2 Å². The summed E-state index contributed by atoms with van der Waals surface area (Å²) < 4.78 is 18.2. The summed E-state index contributed by atoms with van der Waals surface area (Å²) in [5.41, 5.74) is 1.86. The van der Waals surface area contributed by atoms with Crippen LogP contribution in [-0.2, 0) is 0 Å². The maximum absolute atomic E-state index is 13.3.